The molecule has 1 fully saturated rings. The highest BCUT2D eigenvalue weighted by Crippen LogP contribution is 2.21. The minimum absolute atomic E-state index is 0.226. The molecule has 2 nitrogen and oxygen atoms in total. The van der Waals surface area contributed by atoms with E-state index in [1.807, 2.05) is 4.90 Å². The van der Waals surface area contributed by atoms with Gasteiger partial charge in [0.25, 0.3) is 0 Å². The van der Waals surface area contributed by atoms with Crippen molar-refractivity contribution in [3.63, 3.8) is 0 Å². The van der Waals surface area contributed by atoms with Crippen molar-refractivity contribution in [2.75, 3.05) is 6.54 Å². The lowest BCUT2D eigenvalue weighted by molar-refractivity contribution is -0.132. The zero-order chi connectivity index (χ0) is 8.43. The van der Waals surface area contributed by atoms with Gasteiger partial charge in [-0.25, -0.2) is 0 Å². The van der Waals surface area contributed by atoms with E-state index in [-0.39, 0.29) is 5.91 Å². The van der Waals surface area contributed by atoms with Gasteiger partial charge in [0.2, 0.25) is 5.91 Å². The first-order valence-electron chi connectivity index (χ1n) is 4.38. The van der Waals surface area contributed by atoms with Gasteiger partial charge in [0, 0.05) is 19.5 Å². The molecule has 0 radical (unpaired) electrons. The van der Waals surface area contributed by atoms with Crippen LogP contribution in [0.5, 0.6) is 0 Å². The Hall–Kier alpha value is -0.530. The number of hydrogen-bond donors (Lipinski definition) is 0. The van der Waals surface area contributed by atoms with E-state index in [1.165, 1.54) is 12.8 Å². The molecule has 1 rings (SSSR count). The van der Waals surface area contributed by atoms with Crippen molar-refractivity contribution in [3.8, 4) is 0 Å². The molecule has 1 saturated heterocycles. The largest absolute Gasteiger partial charge is 0.340 e. The Kier molecular flexibility index (Phi) is 2.53. The average molecular weight is 155 g/mol. The van der Waals surface area contributed by atoms with Gasteiger partial charge in [-0.1, -0.05) is 6.92 Å². The average Bonchev–Trinajstić information content (AvgIpc) is 1.85. The molecule has 1 amide bonds. The number of hydrogen-bond acceptors (Lipinski definition) is 1. The minimum Gasteiger partial charge on any atom is -0.340 e. The molecule has 0 spiro atoms. The maximum atomic E-state index is 11.0. The van der Waals surface area contributed by atoms with E-state index in [1.54, 1.807) is 6.92 Å². The summed E-state index contributed by atoms with van der Waals surface area (Å²) in [4.78, 5) is 13.0. The van der Waals surface area contributed by atoms with Gasteiger partial charge in [-0.05, 0) is 25.7 Å². The predicted molar refractivity (Wildman–Crippen MR) is 45.2 cm³/mol. The van der Waals surface area contributed by atoms with Crippen LogP contribution < -0.4 is 0 Å². The Morgan fingerprint density at radius 3 is 2.55 bits per heavy atom. The molecule has 0 aromatic rings. The van der Waals surface area contributed by atoms with Crippen molar-refractivity contribution in [2.24, 2.45) is 5.92 Å². The fourth-order valence-electron chi connectivity index (χ4n) is 1.88. The molecule has 11 heavy (non-hydrogen) atoms. The second kappa shape index (κ2) is 3.24. The number of piperidine rings is 1. The molecule has 1 aliphatic rings. The molecule has 0 aromatic carbocycles. The topological polar surface area (TPSA) is 20.3 Å². The van der Waals surface area contributed by atoms with E-state index in [4.69, 9.17) is 0 Å². The van der Waals surface area contributed by atoms with Crippen molar-refractivity contribution < 1.29 is 4.79 Å². The van der Waals surface area contributed by atoms with Gasteiger partial charge in [0.15, 0.2) is 0 Å². The molecule has 0 saturated carbocycles. The Labute approximate surface area is 68.6 Å². The Balaban J connectivity index is 2.50. The fraction of sp³-hybridized carbons (Fsp3) is 0.889. The van der Waals surface area contributed by atoms with Gasteiger partial charge in [0.1, 0.15) is 0 Å². The van der Waals surface area contributed by atoms with Crippen LogP contribution in [-0.2, 0) is 4.79 Å². The van der Waals surface area contributed by atoms with Crippen LogP contribution in [0, 0.1) is 5.92 Å². The monoisotopic (exact) mass is 155 g/mol. The van der Waals surface area contributed by atoms with Crippen LogP contribution in [-0.4, -0.2) is 23.4 Å². The lowest BCUT2D eigenvalue weighted by Crippen LogP contribution is -2.42. The first-order chi connectivity index (χ1) is 5.11. The number of carbonyl (C=O) groups is 1. The zero-order valence-corrected chi connectivity index (χ0v) is 7.63. The van der Waals surface area contributed by atoms with E-state index in [9.17, 15) is 4.79 Å². The van der Waals surface area contributed by atoms with E-state index in [2.05, 4.69) is 13.8 Å². The minimum atomic E-state index is 0.226. The first-order valence-corrected chi connectivity index (χ1v) is 4.38. The van der Waals surface area contributed by atoms with Crippen LogP contribution in [0.2, 0.25) is 0 Å². The maximum absolute atomic E-state index is 11.0. The molecule has 0 unspecified atom stereocenters. The Morgan fingerprint density at radius 1 is 1.45 bits per heavy atom. The number of carbonyl (C=O) groups excluding carboxylic acids is 1. The molecule has 1 aliphatic heterocycles. The highest BCUT2D eigenvalue weighted by atomic mass is 16.2. The molecule has 2 atom stereocenters. The third-order valence-electron chi connectivity index (χ3n) is 2.54. The Bertz CT molecular complexity index is 156. The summed E-state index contributed by atoms with van der Waals surface area (Å²) in [6, 6.07) is 0.455. The van der Waals surface area contributed by atoms with Crippen LogP contribution in [0.1, 0.15) is 33.6 Å². The van der Waals surface area contributed by atoms with Crippen LogP contribution in [0.3, 0.4) is 0 Å². The van der Waals surface area contributed by atoms with Gasteiger partial charge in [-0.15, -0.1) is 0 Å². The number of nitrogens with zero attached hydrogens (tertiary/aromatic N) is 1. The van der Waals surface area contributed by atoms with Crippen molar-refractivity contribution >= 4 is 5.91 Å². The second-order valence-corrected chi connectivity index (χ2v) is 3.69. The maximum Gasteiger partial charge on any atom is 0.219 e. The summed E-state index contributed by atoms with van der Waals surface area (Å²) in [6.45, 7) is 7.01. The number of amides is 1. The molecule has 64 valence electrons. The summed E-state index contributed by atoms with van der Waals surface area (Å²) < 4.78 is 0. The van der Waals surface area contributed by atoms with Gasteiger partial charge >= 0.3 is 0 Å². The number of likely N-dealkylation sites (tertiary alicyclic amines) is 1. The summed E-state index contributed by atoms with van der Waals surface area (Å²) in [5.41, 5.74) is 0. The molecule has 0 aromatic heterocycles. The highest BCUT2D eigenvalue weighted by molar-refractivity contribution is 5.73. The third-order valence-corrected chi connectivity index (χ3v) is 2.54. The SMILES string of the molecule is CC(=O)N1CC[C@@H](C)C[C@@H]1C. The van der Waals surface area contributed by atoms with Crippen LogP contribution >= 0.6 is 0 Å². The molecule has 1 heterocycles. The van der Waals surface area contributed by atoms with E-state index >= 15 is 0 Å². The zero-order valence-electron chi connectivity index (χ0n) is 7.63. The summed E-state index contributed by atoms with van der Waals surface area (Å²) in [7, 11) is 0. The quantitative estimate of drug-likeness (QED) is 0.521. The van der Waals surface area contributed by atoms with Crippen LogP contribution in [0.15, 0.2) is 0 Å². The molecule has 0 aliphatic carbocycles. The van der Waals surface area contributed by atoms with Crippen LogP contribution in [0.4, 0.5) is 0 Å². The lowest BCUT2D eigenvalue weighted by atomic mass is 9.93. The standard InChI is InChI=1S/C9H17NO/c1-7-4-5-10(9(3)11)8(2)6-7/h7-8H,4-6H2,1-3H3/t7-,8+/m1/s1. The van der Waals surface area contributed by atoms with Gasteiger partial charge in [-0.3, -0.25) is 4.79 Å². The molecule has 2 heteroatoms. The normalized spacial score (nSPS) is 32.1. The van der Waals surface area contributed by atoms with Crippen molar-refractivity contribution in [1.29, 1.82) is 0 Å². The van der Waals surface area contributed by atoms with Crippen molar-refractivity contribution in [1.82, 2.24) is 4.90 Å². The van der Waals surface area contributed by atoms with Crippen molar-refractivity contribution in [3.05, 3.63) is 0 Å². The van der Waals surface area contributed by atoms with Gasteiger partial charge in [0.05, 0.1) is 0 Å². The predicted octanol–water partition coefficient (Wildman–Crippen LogP) is 1.65. The van der Waals surface area contributed by atoms with Gasteiger partial charge < -0.3 is 4.90 Å². The van der Waals surface area contributed by atoms with E-state index in [0.29, 0.717) is 6.04 Å². The highest BCUT2D eigenvalue weighted by Gasteiger charge is 2.23. The molecular formula is C9H17NO. The summed E-state index contributed by atoms with van der Waals surface area (Å²) in [5.74, 6) is 1.02. The lowest BCUT2D eigenvalue weighted by Gasteiger charge is -2.35. The first kappa shape index (κ1) is 8.57. The van der Waals surface area contributed by atoms with Crippen molar-refractivity contribution in [2.45, 2.75) is 39.7 Å². The summed E-state index contributed by atoms with van der Waals surface area (Å²) in [6.07, 6.45) is 2.34. The van der Waals surface area contributed by atoms with E-state index in [0.717, 1.165) is 12.5 Å². The summed E-state index contributed by atoms with van der Waals surface area (Å²) >= 11 is 0. The third kappa shape index (κ3) is 1.95. The number of rotatable bonds is 0. The van der Waals surface area contributed by atoms with Gasteiger partial charge in [-0.2, -0.15) is 0 Å². The smallest absolute Gasteiger partial charge is 0.219 e. The fourth-order valence-corrected chi connectivity index (χ4v) is 1.88. The Morgan fingerprint density at radius 2 is 2.09 bits per heavy atom. The van der Waals surface area contributed by atoms with Crippen LogP contribution in [0.25, 0.3) is 0 Å². The molecule has 0 N–H and O–H groups in total. The van der Waals surface area contributed by atoms with E-state index < -0.39 is 0 Å². The summed E-state index contributed by atoms with van der Waals surface area (Å²) in [5, 5.41) is 0. The second-order valence-electron chi connectivity index (χ2n) is 3.69. The molecular weight excluding hydrogens is 138 g/mol. The molecule has 0 bridgehead atoms.